The van der Waals surface area contributed by atoms with Gasteiger partial charge in [0.1, 0.15) is 6.10 Å². The molecule has 4 rings (SSSR count). The van der Waals surface area contributed by atoms with Crippen molar-refractivity contribution in [1.82, 2.24) is 9.80 Å². The molecule has 2 aliphatic rings. The Morgan fingerprint density at radius 3 is 2.53 bits per heavy atom. The highest BCUT2D eigenvalue weighted by Crippen LogP contribution is 2.29. The van der Waals surface area contributed by atoms with Crippen molar-refractivity contribution in [3.63, 3.8) is 0 Å². The molecule has 0 bridgehead atoms. The van der Waals surface area contributed by atoms with Crippen LogP contribution in [0.4, 0.5) is 0 Å². The maximum Gasteiger partial charge on any atom is 0.263 e. The zero-order valence-corrected chi connectivity index (χ0v) is 18.4. The molecule has 6 heteroatoms. The molecule has 2 aromatic rings. The number of likely N-dealkylation sites (tertiary alicyclic amines) is 1. The van der Waals surface area contributed by atoms with E-state index in [2.05, 4.69) is 24.3 Å². The van der Waals surface area contributed by atoms with Crippen LogP contribution < -0.4 is 0 Å². The predicted octanol–water partition coefficient (Wildman–Crippen LogP) is 3.85. The van der Waals surface area contributed by atoms with Crippen LogP contribution in [-0.4, -0.2) is 60.5 Å². The second kappa shape index (κ2) is 9.75. The second-order valence-electron chi connectivity index (χ2n) is 8.31. The van der Waals surface area contributed by atoms with E-state index in [4.69, 9.17) is 4.74 Å². The molecule has 0 saturated carbocycles. The van der Waals surface area contributed by atoms with Crippen LogP contribution in [0, 0.1) is 5.92 Å². The fourth-order valence-corrected chi connectivity index (χ4v) is 5.39. The molecule has 30 heavy (non-hydrogen) atoms. The average Bonchev–Trinajstić information content (AvgIpc) is 3.51. The van der Waals surface area contributed by atoms with Gasteiger partial charge in [0, 0.05) is 32.8 Å². The SMILES string of the molecule is CN(C(=O)c1cccs1)[C@@H](Cc1ccccc1)C1CCN(C(=O)[C@H]2CCCO2)CC1. The number of ether oxygens (including phenoxy) is 1. The Labute approximate surface area is 182 Å². The normalized spacial score (nSPS) is 20.8. The minimum atomic E-state index is -0.246. The summed E-state index contributed by atoms with van der Waals surface area (Å²) in [4.78, 5) is 30.5. The van der Waals surface area contributed by atoms with Crippen molar-refractivity contribution in [3.05, 3.63) is 58.3 Å². The molecular weight excluding hydrogens is 396 g/mol. The Bertz CT molecular complexity index is 825. The van der Waals surface area contributed by atoms with Crippen molar-refractivity contribution in [1.29, 1.82) is 0 Å². The van der Waals surface area contributed by atoms with E-state index in [1.54, 1.807) is 0 Å². The molecular formula is C24H30N2O3S. The van der Waals surface area contributed by atoms with Gasteiger partial charge in [0.2, 0.25) is 0 Å². The van der Waals surface area contributed by atoms with Crippen LogP contribution in [0.15, 0.2) is 47.8 Å². The fourth-order valence-electron chi connectivity index (χ4n) is 4.68. The first-order valence-electron chi connectivity index (χ1n) is 10.9. The van der Waals surface area contributed by atoms with Crippen LogP contribution in [0.1, 0.15) is 40.9 Å². The van der Waals surface area contributed by atoms with Crippen LogP contribution in [0.2, 0.25) is 0 Å². The Morgan fingerprint density at radius 1 is 1.13 bits per heavy atom. The highest BCUT2D eigenvalue weighted by atomic mass is 32.1. The summed E-state index contributed by atoms with van der Waals surface area (Å²) in [6.07, 6.45) is 4.23. The van der Waals surface area contributed by atoms with E-state index < -0.39 is 0 Å². The molecule has 0 aliphatic carbocycles. The summed E-state index contributed by atoms with van der Waals surface area (Å²) in [7, 11) is 1.93. The molecule has 1 aromatic carbocycles. The second-order valence-corrected chi connectivity index (χ2v) is 9.26. The van der Waals surface area contributed by atoms with Gasteiger partial charge in [-0.15, -0.1) is 11.3 Å². The van der Waals surface area contributed by atoms with Gasteiger partial charge in [0.15, 0.2) is 0 Å². The minimum Gasteiger partial charge on any atom is -0.368 e. The molecule has 0 N–H and O–H groups in total. The lowest BCUT2D eigenvalue weighted by Gasteiger charge is -2.40. The summed E-state index contributed by atoms with van der Waals surface area (Å²) >= 11 is 1.49. The molecule has 2 saturated heterocycles. The van der Waals surface area contributed by atoms with E-state index in [0.29, 0.717) is 12.5 Å². The summed E-state index contributed by atoms with van der Waals surface area (Å²) in [5.74, 6) is 0.602. The van der Waals surface area contributed by atoms with Crippen LogP contribution in [0.3, 0.4) is 0 Å². The van der Waals surface area contributed by atoms with E-state index in [1.807, 2.05) is 40.4 Å². The molecule has 1 aromatic heterocycles. The average molecular weight is 427 g/mol. The van der Waals surface area contributed by atoms with E-state index in [-0.39, 0.29) is 24.0 Å². The molecule has 2 atom stereocenters. The van der Waals surface area contributed by atoms with Crippen molar-refractivity contribution < 1.29 is 14.3 Å². The van der Waals surface area contributed by atoms with Gasteiger partial charge in [-0.05, 0) is 55.0 Å². The number of hydrogen-bond acceptors (Lipinski definition) is 4. The van der Waals surface area contributed by atoms with Gasteiger partial charge in [-0.25, -0.2) is 0 Å². The number of thiophene rings is 1. The van der Waals surface area contributed by atoms with Crippen molar-refractivity contribution in [2.45, 2.75) is 44.2 Å². The number of nitrogens with zero attached hydrogens (tertiary/aromatic N) is 2. The Hall–Kier alpha value is -2.18. The molecule has 160 valence electrons. The highest BCUT2D eigenvalue weighted by Gasteiger charge is 2.35. The maximum atomic E-state index is 13.1. The highest BCUT2D eigenvalue weighted by molar-refractivity contribution is 7.12. The first-order valence-corrected chi connectivity index (χ1v) is 11.8. The summed E-state index contributed by atoms with van der Waals surface area (Å²) in [6.45, 7) is 2.19. The van der Waals surface area contributed by atoms with Crippen molar-refractivity contribution in [2.24, 2.45) is 5.92 Å². The number of hydrogen-bond donors (Lipinski definition) is 0. The fraction of sp³-hybridized carbons (Fsp3) is 0.500. The van der Waals surface area contributed by atoms with Crippen molar-refractivity contribution in [2.75, 3.05) is 26.7 Å². The summed E-state index contributed by atoms with van der Waals surface area (Å²) < 4.78 is 5.59. The molecule has 0 radical (unpaired) electrons. The number of carbonyl (C=O) groups excluding carboxylic acids is 2. The number of carbonyl (C=O) groups is 2. The van der Waals surface area contributed by atoms with Gasteiger partial charge in [0.05, 0.1) is 4.88 Å². The topological polar surface area (TPSA) is 49.9 Å². The minimum absolute atomic E-state index is 0.0868. The van der Waals surface area contributed by atoms with Gasteiger partial charge >= 0.3 is 0 Å². The monoisotopic (exact) mass is 426 g/mol. The lowest BCUT2D eigenvalue weighted by Crippen LogP contribution is -2.49. The van der Waals surface area contributed by atoms with Crippen LogP contribution in [-0.2, 0) is 16.0 Å². The molecule has 2 aliphatic heterocycles. The molecule has 2 fully saturated rings. The van der Waals surface area contributed by atoms with Crippen molar-refractivity contribution in [3.8, 4) is 0 Å². The Morgan fingerprint density at radius 2 is 1.90 bits per heavy atom. The maximum absolute atomic E-state index is 13.1. The third-order valence-corrected chi connectivity index (χ3v) is 7.30. The van der Waals surface area contributed by atoms with E-state index in [9.17, 15) is 9.59 Å². The first kappa shape index (κ1) is 21.1. The Balaban J connectivity index is 1.45. The number of likely N-dealkylation sites (N-methyl/N-ethyl adjacent to an activating group) is 1. The van der Waals surface area contributed by atoms with E-state index in [1.165, 1.54) is 16.9 Å². The Kier molecular flexibility index (Phi) is 6.85. The lowest BCUT2D eigenvalue weighted by molar-refractivity contribution is -0.142. The summed E-state index contributed by atoms with van der Waals surface area (Å²) in [5.41, 5.74) is 1.24. The summed E-state index contributed by atoms with van der Waals surface area (Å²) in [6, 6.07) is 14.3. The summed E-state index contributed by atoms with van der Waals surface area (Å²) in [5, 5.41) is 1.95. The van der Waals surface area contributed by atoms with Gasteiger partial charge in [-0.1, -0.05) is 36.4 Å². The van der Waals surface area contributed by atoms with Gasteiger partial charge < -0.3 is 14.5 Å². The quantitative estimate of drug-likeness (QED) is 0.705. The molecule has 3 heterocycles. The van der Waals surface area contributed by atoms with Gasteiger partial charge in [0.25, 0.3) is 11.8 Å². The standard InChI is InChI=1S/C24H30N2O3S/c1-25(24(28)22-10-6-16-30-22)20(17-18-7-3-2-4-8-18)19-11-13-26(14-12-19)23(27)21-9-5-15-29-21/h2-4,6-8,10,16,19-21H,5,9,11-15,17H2,1H3/t20-,21+/m0/s1. The largest absolute Gasteiger partial charge is 0.368 e. The predicted molar refractivity (Wildman–Crippen MR) is 119 cm³/mol. The number of amides is 2. The lowest BCUT2D eigenvalue weighted by atomic mass is 9.84. The third-order valence-electron chi connectivity index (χ3n) is 6.44. The zero-order chi connectivity index (χ0) is 20.9. The molecule has 2 amide bonds. The van der Waals surface area contributed by atoms with E-state index in [0.717, 1.165) is 50.1 Å². The van der Waals surface area contributed by atoms with Gasteiger partial charge in [-0.3, -0.25) is 9.59 Å². The molecule has 0 unspecified atom stereocenters. The zero-order valence-electron chi connectivity index (χ0n) is 17.5. The van der Waals surface area contributed by atoms with E-state index >= 15 is 0 Å². The number of rotatable bonds is 6. The molecule has 5 nitrogen and oxygen atoms in total. The smallest absolute Gasteiger partial charge is 0.263 e. The molecule has 0 spiro atoms. The van der Waals surface area contributed by atoms with Crippen LogP contribution >= 0.6 is 11.3 Å². The number of piperidine rings is 1. The first-order chi connectivity index (χ1) is 14.6. The number of benzene rings is 1. The third kappa shape index (κ3) is 4.76. The van der Waals surface area contributed by atoms with Crippen LogP contribution in [0.25, 0.3) is 0 Å². The van der Waals surface area contributed by atoms with Gasteiger partial charge in [-0.2, -0.15) is 0 Å². The van der Waals surface area contributed by atoms with Crippen molar-refractivity contribution >= 4 is 23.2 Å². The van der Waals surface area contributed by atoms with Crippen LogP contribution in [0.5, 0.6) is 0 Å².